The second kappa shape index (κ2) is 6.01. The molecule has 0 atom stereocenters. The van der Waals surface area contributed by atoms with Gasteiger partial charge in [0.2, 0.25) is 9.84 Å². The number of hydrogen-bond acceptors (Lipinski definition) is 6. The number of benzene rings is 2. The Labute approximate surface area is 139 Å². The van der Waals surface area contributed by atoms with Crippen LogP contribution < -0.4 is 14.8 Å². The van der Waals surface area contributed by atoms with E-state index in [0.29, 0.717) is 5.69 Å². The van der Waals surface area contributed by atoms with Gasteiger partial charge in [0, 0.05) is 11.8 Å². The highest BCUT2D eigenvalue weighted by Gasteiger charge is 2.37. The molecule has 0 unspecified atom stereocenters. The Bertz CT molecular complexity index is 933. The Balaban J connectivity index is 2.19. The van der Waals surface area contributed by atoms with Crippen LogP contribution >= 0.6 is 0 Å². The molecule has 0 bridgehead atoms. The molecule has 24 heavy (non-hydrogen) atoms. The van der Waals surface area contributed by atoms with Gasteiger partial charge >= 0.3 is 0 Å². The molecular formula is C17H15NO5S. The SMILES string of the molecule is COc1ccc(OC)c2c1C(=O)C=C(Nc1ccccc1)S2(=O)=O. The van der Waals surface area contributed by atoms with Crippen molar-refractivity contribution in [3.8, 4) is 11.5 Å². The lowest BCUT2D eigenvalue weighted by Crippen LogP contribution is -2.23. The summed E-state index contributed by atoms with van der Waals surface area (Å²) in [5.41, 5.74) is 0.542. The summed E-state index contributed by atoms with van der Waals surface area (Å²) in [6.07, 6.45) is 1.06. The molecule has 1 N–H and O–H groups in total. The third kappa shape index (κ3) is 2.52. The molecule has 0 fully saturated rings. The fraction of sp³-hybridized carbons (Fsp3) is 0.118. The summed E-state index contributed by atoms with van der Waals surface area (Å²) < 4.78 is 36.3. The molecule has 0 amide bonds. The summed E-state index contributed by atoms with van der Waals surface area (Å²) in [5.74, 6) is -0.178. The molecule has 0 saturated carbocycles. The number of nitrogens with one attached hydrogen (secondary N) is 1. The number of sulfone groups is 1. The van der Waals surface area contributed by atoms with Crippen molar-refractivity contribution in [3.05, 3.63) is 59.1 Å². The van der Waals surface area contributed by atoms with E-state index < -0.39 is 15.6 Å². The normalized spacial score (nSPS) is 15.2. The number of allylic oxidation sites excluding steroid dienone is 1. The van der Waals surface area contributed by atoms with Crippen LogP contribution in [0, 0.1) is 0 Å². The van der Waals surface area contributed by atoms with Crippen LogP contribution in [0.25, 0.3) is 0 Å². The van der Waals surface area contributed by atoms with Crippen LogP contribution in [0.1, 0.15) is 10.4 Å². The summed E-state index contributed by atoms with van der Waals surface area (Å²) in [7, 11) is -1.23. The van der Waals surface area contributed by atoms with Crippen LogP contribution in [0.2, 0.25) is 0 Å². The molecule has 0 radical (unpaired) electrons. The lowest BCUT2D eigenvalue weighted by Gasteiger charge is -2.21. The zero-order valence-electron chi connectivity index (χ0n) is 13.1. The van der Waals surface area contributed by atoms with Gasteiger partial charge in [-0.15, -0.1) is 0 Å². The van der Waals surface area contributed by atoms with E-state index in [9.17, 15) is 13.2 Å². The maximum Gasteiger partial charge on any atom is 0.226 e. The fourth-order valence-electron chi connectivity index (χ4n) is 2.52. The minimum Gasteiger partial charge on any atom is -0.496 e. The number of fused-ring (bicyclic) bond motifs is 1. The average molecular weight is 345 g/mol. The molecule has 7 heteroatoms. The topological polar surface area (TPSA) is 81.7 Å². The van der Waals surface area contributed by atoms with Gasteiger partial charge in [0.1, 0.15) is 21.4 Å². The molecule has 1 aliphatic heterocycles. The van der Waals surface area contributed by atoms with E-state index in [1.54, 1.807) is 24.3 Å². The Morgan fingerprint density at radius 3 is 2.17 bits per heavy atom. The first kappa shape index (κ1) is 16.1. The molecular weight excluding hydrogens is 330 g/mol. The van der Waals surface area contributed by atoms with E-state index in [2.05, 4.69) is 5.32 Å². The van der Waals surface area contributed by atoms with E-state index >= 15 is 0 Å². The Kier molecular flexibility index (Phi) is 4.02. The van der Waals surface area contributed by atoms with Gasteiger partial charge in [0.05, 0.1) is 19.8 Å². The Hall–Kier alpha value is -2.80. The third-order valence-corrected chi connectivity index (χ3v) is 5.37. The van der Waals surface area contributed by atoms with Crippen molar-refractivity contribution in [1.29, 1.82) is 0 Å². The highest BCUT2D eigenvalue weighted by molar-refractivity contribution is 7.95. The first-order valence-corrected chi connectivity index (χ1v) is 8.55. The lowest BCUT2D eigenvalue weighted by atomic mass is 10.1. The highest BCUT2D eigenvalue weighted by Crippen LogP contribution is 2.40. The zero-order valence-corrected chi connectivity index (χ0v) is 13.9. The van der Waals surface area contributed by atoms with Gasteiger partial charge in [0.25, 0.3) is 0 Å². The molecule has 6 nitrogen and oxygen atoms in total. The number of carbonyl (C=O) groups excluding carboxylic acids is 1. The highest BCUT2D eigenvalue weighted by atomic mass is 32.2. The predicted octanol–water partition coefficient (Wildman–Crippen LogP) is 2.63. The zero-order chi connectivity index (χ0) is 17.3. The molecule has 3 rings (SSSR count). The summed E-state index contributed by atoms with van der Waals surface area (Å²) >= 11 is 0. The molecule has 124 valence electrons. The maximum absolute atomic E-state index is 13.0. The van der Waals surface area contributed by atoms with Gasteiger partial charge in [-0.2, -0.15) is 0 Å². The maximum atomic E-state index is 13.0. The predicted molar refractivity (Wildman–Crippen MR) is 89.2 cm³/mol. The second-order valence-electron chi connectivity index (χ2n) is 5.04. The first-order valence-electron chi connectivity index (χ1n) is 7.07. The van der Waals surface area contributed by atoms with Crippen molar-refractivity contribution in [2.24, 2.45) is 0 Å². The van der Waals surface area contributed by atoms with Crippen molar-refractivity contribution < 1.29 is 22.7 Å². The van der Waals surface area contributed by atoms with E-state index in [1.165, 1.54) is 26.4 Å². The number of ether oxygens (including phenoxy) is 2. The quantitative estimate of drug-likeness (QED) is 0.917. The molecule has 2 aromatic rings. The number of methoxy groups -OCH3 is 2. The van der Waals surface area contributed by atoms with Crippen molar-refractivity contribution in [2.75, 3.05) is 19.5 Å². The second-order valence-corrected chi connectivity index (χ2v) is 6.90. The summed E-state index contributed by atoms with van der Waals surface area (Å²) in [6.45, 7) is 0. The summed E-state index contributed by atoms with van der Waals surface area (Å²) in [5, 5.41) is 2.59. The van der Waals surface area contributed by atoms with Crippen molar-refractivity contribution in [3.63, 3.8) is 0 Å². The first-order chi connectivity index (χ1) is 11.5. The molecule has 1 aliphatic rings. The van der Waals surface area contributed by atoms with Gasteiger partial charge in [-0.25, -0.2) is 8.42 Å². The van der Waals surface area contributed by atoms with Crippen LogP contribution in [0.15, 0.2) is 58.5 Å². The number of para-hydroxylation sites is 1. The molecule has 0 aromatic heterocycles. The van der Waals surface area contributed by atoms with Crippen LogP contribution in [-0.4, -0.2) is 28.4 Å². The monoisotopic (exact) mass is 345 g/mol. The van der Waals surface area contributed by atoms with E-state index in [4.69, 9.17) is 9.47 Å². The van der Waals surface area contributed by atoms with Crippen LogP contribution in [0.4, 0.5) is 5.69 Å². The number of hydrogen-bond donors (Lipinski definition) is 1. The number of rotatable bonds is 4. The minimum absolute atomic E-state index is 0.0181. The summed E-state index contributed by atoms with van der Waals surface area (Å²) in [6, 6.07) is 11.7. The average Bonchev–Trinajstić information content (AvgIpc) is 2.59. The number of carbonyl (C=O) groups is 1. The van der Waals surface area contributed by atoms with Gasteiger partial charge in [-0.1, -0.05) is 18.2 Å². The smallest absolute Gasteiger partial charge is 0.226 e. The number of ketones is 1. The molecule has 2 aromatic carbocycles. The molecule has 1 heterocycles. The third-order valence-electron chi connectivity index (χ3n) is 3.63. The molecule has 0 saturated heterocycles. The standard InChI is InChI=1S/C17H15NO5S/c1-22-13-8-9-14(23-2)17-16(13)12(19)10-15(24(17,20)21)18-11-6-4-3-5-7-11/h3-10,18H,1-2H3. The number of anilines is 1. The minimum atomic E-state index is -3.97. The van der Waals surface area contributed by atoms with Crippen LogP contribution in [0.3, 0.4) is 0 Å². The molecule has 0 aliphatic carbocycles. The van der Waals surface area contributed by atoms with Gasteiger partial charge < -0.3 is 14.8 Å². The van der Waals surface area contributed by atoms with E-state index in [1.807, 2.05) is 6.07 Å². The van der Waals surface area contributed by atoms with Crippen molar-refractivity contribution in [1.82, 2.24) is 0 Å². The van der Waals surface area contributed by atoms with Crippen LogP contribution in [-0.2, 0) is 9.84 Å². The van der Waals surface area contributed by atoms with Crippen LogP contribution in [0.5, 0.6) is 11.5 Å². The van der Waals surface area contributed by atoms with Crippen molar-refractivity contribution in [2.45, 2.75) is 4.90 Å². The van der Waals surface area contributed by atoms with Gasteiger partial charge in [-0.3, -0.25) is 4.79 Å². The van der Waals surface area contributed by atoms with Crippen molar-refractivity contribution >= 4 is 21.3 Å². The summed E-state index contributed by atoms with van der Waals surface area (Å²) in [4.78, 5) is 12.3. The fourth-order valence-corrected chi connectivity index (χ4v) is 4.14. The largest absolute Gasteiger partial charge is 0.496 e. The van der Waals surface area contributed by atoms with Gasteiger partial charge in [0.15, 0.2) is 5.78 Å². The Morgan fingerprint density at radius 1 is 0.917 bits per heavy atom. The van der Waals surface area contributed by atoms with E-state index in [0.717, 1.165) is 6.08 Å². The Morgan fingerprint density at radius 2 is 1.54 bits per heavy atom. The van der Waals surface area contributed by atoms with Gasteiger partial charge in [-0.05, 0) is 24.3 Å². The lowest BCUT2D eigenvalue weighted by molar-refractivity contribution is 0.103. The molecule has 0 spiro atoms. The van der Waals surface area contributed by atoms with E-state index in [-0.39, 0.29) is 27.0 Å².